The molecule has 1 heteroatoms. The molecule has 0 radical (unpaired) electrons. The summed E-state index contributed by atoms with van der Waals surface area (Å²) in [4.78, 5) is 0. The average molecular weight is 214 g/mol. The van der Waals surface area contributed by atoms with E-state index < -0.39 is 0 Å². The Hall–Kier alpha value is -0.0400. The molecule has 0 spiro atoms. The predicted octanol–water partition coefficient (Wildman–Crippen LogP) is 4.66. The zero-order valence-electron chi connectivity index (χ0n) is 11.2. The van der Waals surface area contributed by atoms with Crippen LogP contribution in [0.5, 0.6) is 0 Å². The molecule has 92 valence electrons. The topological polar surface area (TPSA) is 9.23 Å². The second-order valence-electron chi connectivity index (χ2n) is 4.98. The minimum absolute atomic E-state index is 0.911. The number of hydrogen-bond acceptors (Lipinski definition) is 1. The Morgan fingerprint density at radius 3 is 1.80 bits per heavy atom. The average Bonchev–Trinajstić information content (AvgIpc) is 2.20. The van der Waals surface area contributed by atoms with Crippen molar-refractivity contribution in [3.63, 3.8) is 0 Å². The van der Waals surface area contributed by atoms with Gasteiger partial charge in [0.1, 0.15) is 0 Å². The maximum absolute atomic E-state index is 5.14. The fourth-order valence-electron chi connectivity index (χ4n) is 1.95. The van der Waals surface area contributed by atoms with E-state index in [-0.39, 0.29) is 0 Å². The van der Waals surface area contributed by atoms with Gasteiger partial charge in [-0.3, -0.25) is 0 Å². The lowest BCUT2D eigenvalue weighted by Crippen LogP contribution is -2.12. The lowest BCUT2D eigenvalue weighted by atomic mass is 10.0. The van der Waals surface area contributed by atoms with Crippen molar-refractivity contribution in [1.82, 2.24) is 0 Å². The van der Waals surface area contributed by atoms with Crippen LogP contribution in [-0.2, 0) is 4.74 Å². The summed E-state index contributed by atoms with van der Waals surface area (Å²) in [7, 11) is 0. The third kappa shape index (κ3) is 10.2. The van der Waals surface area contributed by atoms with Gasteiger partial charge in [-0.15, -0.1) is 0 Å². The van der Waals surface area contributed by atoms with Crippen LogP contribution in [0.25, 0.3) is 0 Å². The SMILES string of the molecule is CC1CCOCC1.CCCC(C)CCC. The first-order valence-electron chi connectivity index (χ1n) is 6.78. The first-order valence-corrected chi connectivity index (χ1v) is 6.78. The third-order valence-electron chi connectivity index (χ3n) is 3.07. The van der Waals surface area contributed by atoms with Gasteiger partial charge in [-0.2, -0.15) is 0 Å². The third-order valence-corrected chi connectivity index (χ3v) is 3.07. The van der Waals surface area contributed by atoms with E-state index in [0.717, 1.165) is 25.0 Å². The van der Waals surface area contributed by atoms with Gasteiger partial charge in [-0.25, -0.2) is 0 Å². The van der Waals surface area contributed by atoms with Crippen LogP contribution >= 0.6 is 0 Å². The van der Waals surface area contributed by atoms with Crippen molar-refractivity contribution < 1.29 is 4.74 Å². The van der Waals surface area contributed by atoms with Crippen LogP contribution in [0, 0.1) is 11.8 Å². The monoisotopic (exact) mass is 214 g/mol. The van der Waals surface area contributed by atoms with Gasteiger partial charge in [0.25, 0.3) is 0 Å². The number of hydrogen-bond donors (Lipinski definition) is 0. The van der Waals surface area contributed by atoms with Crippen LogP contribution in [0.3, 0.4) is 0 Å². The zero-order chi connectivity index (χ0) is 11.5. The molecule has 1 aliphatic rings. The van der Waals surface area contributed by atoms with E-state index in [1.807, 2.05) is 0 Å². The van der Waals surface area contributed by atoms with Crippen molar-refractivity contribution in [1.29, 1.82) is 0 Å². The molecular formula is C14H30O. The minimum Gasteiger partial charge on any atom is -0.381 e. The van der Waals surface area contributed by atoms with Gasteiger partial charge in [-0.05, 0) is 24.7 Å². The molecule has 0 aromatic carbocycles. The molecule has 0 saturated carbocycles. The molecule has 0 unspecified atom stereocenters. The van der Waals surface area contributed by atoms with E-state index in [1.54, 1.807) is 0 Å². The summed E-state index contributed by atoms with van der Waals surface area (Å²) < 4.78 is 5.14. The molecule has 0 bridgehead atoms. The second kappa shape index (κ2) is 10.5. The minimum atomic E-state index is 0.911. The van der Waals surface area contributed by atoms with Gasteiger partial charge < -0.3 is 4.74 Å². The lowest BCUT2D eigenvalue weighted by Gasteiger charge is -2.16. The second-order valence-corrected chi connectivity index (χ2v) is 4.98. The fourth-order valence-corrected chi connectivity index (χ4v) is 1.95. The zero-order valence-corrected chi connectivity index (χ0v) is 11.2. The molecule has 1 saturated heterocycles. The molecule has 0 amide bonds. The highest BCUT2D eigenvalue weighted by Gasteiger charge is 2.06. The van der Waals surface area contributed by atoms with Crippen LogP contribution in [-0.4, -0.2) is 13.2 Å². The summed E-state index contributed by atoms with van der Waals surface area (Å²) in [5.74, 6) is 1.87. The van der Waals surface area contributed by atoms with E-state index in [1.165, 1.54) is 38.5 Å². The fraction of sp³-hybridized carbons (Fsp3) is 1.00. The summed E-state index contributed by atoms with van der Waals surface area (Å²) in [5.41, 5.74) is 0. The highest BCUT2D eigenvalue weighted by Crippen LogP contribution is 2.12. The smallest absolute Gasteiger partial charge is 0.0468 e. The molecule has 1 fully saturated rings. The van der Waals surface area contributed by atoms with Gasteiger partial charge in [0.2, 0.25) is 0 Å². The molecule has 1 nitrogen and oxygen atoms in total. The maximum Gasteiger partial charge on any atom is 0.0468 e. The first kappa shape index (κ1) is 15.0. The van der Waals surface area contributed by atoms with Crippen LogP contribution < -0.4 is 0 Å². The Morgan fingerprint density at radius 1 is 1.07 bits per heavy atom. The highest BCUT2D eigenvalue weighted by atomic mass is 16.5. The summed E-state index contributed by atoms with van der Waals surface area (Å²) in [5, 5.41) is 0. The van der Waals surface area contributed by atoms with Crippen molar-refractivity contribution in [3.05, 3.63) is 0 Å². The van der Waals surface area contributed by atoms with E-state index in [4.69, 9.17) is 4.74 Å². The van der Waals surface area contributed by atoms with Gasteiger partial charge in [-0.1, -0.05) is 53.4 Å². The largest absolute Gasteiger partial charge is 0.381 e. The predicted molar refractivity (Wildman–Crippen MR) is 68.2 cm³/mol. The molecule has 1 heterocycles. The van der Waals surface area contributed by atoms with Crippen LogP contribution in [0.1, 0.15) is 66.2 Å². The van der Waals surface area contributed by atoms with Crippen molar-refractivity contribution in [3.8, 4) is 0 Å². The maximum atomic E-state index is 5.14. The van der Waals surface area contributed by atoms with Gasteiger partial charge in [0.05, 0.1) is 0 Å². The Morgan fingerprint density at radius 2 is 1.53 bits per heavy atom. The molecule has 1 aliphatic heterocycles. The van der Waals surface area contributed by atoms with Crippen molar-refractivity contribution in [2.45, 2.75) is 66.2 Å². The van der Waals surface area contributed by atoms with E-state index in [9.17, 15) is 0 Å². The number of ether oxygens (including phenoxy) is 1. The standard InChI is InChI=1S/C8H18.C6H12O/c1-4-6-8(3)7-5-2;1-6-2-4-7-5-3-6/h8H,4-7H2,1-3H3;6H,2-5H2,1H3. The molecule has 0 aliphatic carbocycles. The lowest BCUT2D eigenvalue weighted by molar-refractivity contribution is 0.0716. The van der Waals surface area contributed by atoms with Gasteiger partial charge in [0.15, 0.2) is 0 Å². The molecule has 15 heavy (non-hydrogen) atoms. The molecule has 0 N–H and O–H groups in total. The van der Waals surface area contributed by atoms with E-state index in [0.29, 0.717) is 0 Å². The quantitative estimate of drug-likeness (QED) is 0.661. The Labute approximate surface area is 96.6 Å². The number of rotatable bonds is 4. The Balaban J connectivity index is 0.000000262. The Kier molecular flexibility index (Phi) is 10.4. The van der Waals surface area contributed by atoms with Crippen molar-refractivity contribution >= 4 is 0 Å². The first-order chi connectivity index (χ1) is 7.20. The molecular weight excluding hydrogens is 184 g/mol. The van der Waals surface area contributed by atoms with E-state index in [2.05, 4.69) is 27.7 Å². The summed E-state index contributed by atoms with van der Waals surface area (Å²) in [6.07, 6.45) is 8.05. The van der Waals surface area contributed by atoms with Crippen molar-refractivity contribution in [2.24, 2.45) is 11.8 Å². The van der Waals surface area contributed by atoms with Gasteiger partial charge >= 0.3 is 0 Å². The normalized spacial score (nSPS) is 17.4. The summed E-state index contributed by atoms with van der Waals surface area (Å²) in [6, 6.07) is 0. The Bertz CT molecular complexity index is 111. The molecule has 1 rings (SSSR count). The van der Waals surface area contributed by atoms with E-state index >= 15 is 0 Å². The summed E-state index contributed by atoms with van der Waals surface area (Å²) in [6.45, 7) is 11.1. The highest BCUT2D eigenvalue weighted by molar-refractivity contribution is 4.55. The van der Waals surface area contributed by atoms with Crippen LogP contribution in [0.2, 0.25) is 0 Å². The molecule has 0 atom stereocenters. The molecule has 0 aromatic heterocycles. The summed E-state index contributed by atoms with van der Waals surface area (Å²) >= 11 is 0. The molecule has 0 aromatic rings. The van der Waals surface area contributed by atoms with Crippen molar-refractivity contribution in [2.75, 3.05) is 13.2 Å². The van der Waals surface area contributed by atoms with Crippen LogP contribution in [0.15, 0.2) is 0 Å². The van der Waals surface area contributed by atoms with Crippen LogP contribution in [0.4, 0.5) is 0 Å². The van der Waals surface area contributed by atoms with Gasteiger partial charge in [0, 0.05) is 13.2 Å².